The summed E-state index contributed by atoms with van der Waals surface area (Å²) in [5.41, 5.74) is 1.59. The van der Waals surface area contributed by atoms with Gasteiger partial charge >= 0.3 is 18.3 Å². The Hall–Kier alpha value is -4.46. The molecule has 0 spiro atoms. The Kier molecular flexibility index (Phi) is 6.79. The van der Waals surface area contributed by atoms with Gasteiger partial charge in [-0.15, -0.1) is 18.3 Å². The second-order valence-electron chi connectivity index (χ2n) is 11.0. The molecule has 2 saturated heterocycles. The molecule has 11 nitrogen and oxygen atoms in total. The summed E-state index contributed by atoms with van der Waals surface area (Å²) in [5.74, 6) is -0.383. The minimum atomic E-state index is -4.84. The third-order valence-electron chi connectivity index (χ3n) is 8.15. The summed E-state index contributed by atoms with van der Waals surface area (Å²) in [6.45, 7) is 0.152. The zero-order chi connectivity index (χ0) is 29.7. The van der Waals surface area contributed by atoms with E-state index >= 15 is 0 Å². The number of carbonyl (C=O) groups is 1. The van der Waals surface area contributed by atoms with Crippen molar-refractivity contribution in [1.82, 2.24) is 20.3 Å². The molecule has 0 amide bonds. The summed E-state index contributed by atoms with van der Waals surface area (Å²) >= 11 is 0. The number of hydrogen-bond acceptors (Lipinski definition) is 10. The molecule has 2 aliphatic heterocycles. The number of carboxylic acid groups (broad SMARTS) is 1. The molecule has 14 heteroatoms. The lowest BCUT2D eigenvalue weighted by Crippen LogP contribution is -2.45. The highest BCUT2D eigenvalue weighted by Gasteiger charge is 2.44. The molecular weight excluding hydrogens is 571 g/mol. The number of piperidine rings is 1. The lowest BCUT2D eigenvalue weighted by molar-refractivity contribution is -0.274. The number of alkyl halides is 3. The van der Waals surface area contributed by atoms with E-state index in [1.807, 2.05) is 0 Å². The average molecular weight is 598 g/mol. The van der Waals surface area contributed by atoms with E-state index < -0.39 is 12.3 Å². The van der Waals surface area contributed by atoms with Crippen LogP contribution in [0.1, 0.15) is 66.3 Å². The molecule has 43 heavy (non-hydrogen) atoms. The van der Waals surface area contributed by atoms with Crippen molar-refractivity contribution in [3.63, 3.8) is 0 Å². The molecule has 4 aromatic rings. The van der Waals surface area contributed by atoms with Gasteiger partial charge in [-0.3, -0.25) is 0 Å². The minimum absolute atomic E-state index is 0.0787. The van der Waals surface area contributed by atoms with Gasteiger partial charge in [0.25, 0.3) is 5.89 Å². The van der Waals surface area contributed by atoms with Crippen molar-refractivity contribution in [2.45, 2.75) is 75.6 Å². The van der Waals surface area contributed by atoms with Gasteiger partial charge in [0.1, 0.15) is 22.9 Å². The molecule has 3 aliphatic rings. The Balaban J connectivity index is 1.06. The number of pyridine rings is 1. The lowest BCUT2D eigenvalue weighted by atomic mass is 9.99. The van der Waals surface area contributed by atoms with Gasteiger partial charge in [0, 0.05) is 35.3 Å². The van der Waals surface area contributed by atoms with Crippen molar-refractivity contribution in [2.75, 3.05) is 4.90 Å². The van der Waals surface area contributed by atoms with Gasteiger partial charge in [-0.25, -0.2) is 9.78 Å². The first-order valence-corrected chi connectivity index (χ1v) is 14.0. The van der Waals surface area contributed by atoms with Crippen LogP contribution in [0.2, 0.25) is 0 Å². The zero-order valence-corrected chi connectivity index (χ0v) is 22.7. The molecular formula is C29H26F3N5O6. The quantitative estimate of drug-likeness (QED) is 0.244. The number of anilines is 1. The highest BCUT2D eigenvalue weighted by atomic mass is 19.4. The van der Waals surface area contributed by atoms with Gasteiger partial charge in [-0.1, -0.05) is 22.4 Å². The molecule has 0 radical (unpaired) electrons. The maximum atomic E-state index is 13.1. The SMILES string of the molecule is O=C(O)c1ccc(-c2nnc(N3C4CCC3CC(OCc3c(-c5ccccc5OC(F)(F)F)noc3C3CC3)C4)o2)cn1. The van der Waals surface area contributed by atoms with Gasteiger partial charge in [0.2, 0.25) is 0 Å². The molecule has 3 fully saturated rings. The normalized spacial score (nSPS) is 21.7. The van der Waals surface area contributed by atoms with Crippen LogP contribution in [0, 0.1) is 0 Å². The molecule has 1 N–H and O–H groups in total. The third kappa shape index (κ3) is 5.54. The summed E-state index contributed by atoms with van der Waals surface area (Å²) < 4.78 is 61.6. The predicted octanol–water partition coefficient (Wildman–Crippen LogP) is 5.98. The van der Waals surface area contributed by atoms with Crippen LogP contribution in [0.15, 0.2) is 51.5 Å². The van der Waals surface area contributed by atoms with Crippen LogP contribution in [-0.4, -0.2) is 56.0 Å². The van der Waals surface area contributed by atoms with Crippen LogP contribution >= 0.6 is 0 Å². The fourth-order valence-electron chi connectivity index (χ4n) is 6.08. The van der Waals surface area contributed by atoms with Crippen molar-refractivity contribution < 1.29 is 41.5 Å². The number of fused-ring (bicyclic) bond motifs is 2. The van der Waals surface area contributed by atoms with E-state index in [9.17, 15) is 18.0 Å². The molecule has 3 aromatic heterocycles. The second-order valence-corrected chi connectivity index (χ2v) is 11.0. The Morgan fingerprint density at radius 1 is 1.05 bits per heavy atom. The van der Waals surface area contributed by atoms with Crippen LogP contribution in [0.5, 0.6) is 5.75 Å². The third-order valence-corrected chi connectivity index (χ3v) is 8.15. The number of ether oxygens (including phenoxy) is 2. The van der Waals surface area contributed by atoms with E-state index in [4.69, 9.17) is 18.8 Å². The zero-order valence-electron chi connectivity index (χ0n) is 22.7. The number of halogens is 3. The number of para-hydroxylation sites is 1. The number of carboxylic acids is 1. The number of hydrogen-bond donors (Lipinski definition) is 1. The molecule has 1 saturated carbocycles. The summed E-state index contributed by atoms with van der Waals surface area (Å²) in [4.78, 5) is 17.1. The van der Waals surface area contributed by atoms with Gasteiger partial charge in [-0.05, 0) is 62.8 Å². The maximum absolute atomic E-state index is 13.1. The van der Waals surface area contributed by atoms with Crippen molar-refractivity contribution >= 4 is 12.0 Å². The van der Waals surface area contributed by atoms with E-state index in [-0.39, 0.29) is 53.6 Å². The molecule has 1 aromatic carbocycles. The van der Waals surface area contributed by atoms with E-state index in [1.165, 1.54) is 30.5 Å². The standard InChI is InChI=1S/C29H26F3N5O6/c30-29(31,32)42-23-4-2-1-3-20(23)24-21(25(43-36-24)15-5-6-15)14-40-19-11-17-8-9-18(12-19)37(17)28-35-34-26(41-28)16-7-10-22(27(38)39)33-13-16/h1-4,7,10,13,15,17-19H,5-6,8-9,11-12,14H2,(H,38,39). The Bertz CT molecular complexity index is 1620. The Morgan fingerprint density at radius 2 is 1.81 bits per heavy atom. The van der Waals surface area contributed by atoms with Crippen LogP contribution in [-0.2, 0) is 11.3 Å². The first-order chi connectivity index (χ1) is 20.7. The first-order valence-electron chi connectivity index (χ1n) is 14.0. The number of nitrogens with zero attached hydrogens (tertiary/aromatic N) is 5. The fraction of sp³-hybridized carbons (Fsp3) is 0.414. The van der Waals surface area contributed by atoms with Crippen LogP contribution < -0.4 is 9.64 Å². The number of aromatic nitrogens is 4. The Labute approximate surface area is 242 Å². The highest BCUT2D eigenvalue weighted by Crippen LogP contribution is 2.46. The van der Waals surface area contributed by atoms with Gasteiger partial charge < -0.3 is 28.4 Å². The van der Waals surface area contributed by atoms with E-state index in [2.05, 4.69) is 30.0 Å². The lowest BCUT2D eigenvalue weighted by Gasteiger charge is -2.37. The molecule has 5 heterocycles. The number of rotatable bonds is 9. The molecule has 2 atom stereocenters. The monoisotopic (exact) mass is 597 g/mol. The van der Waals surface area contributed by atoms with E-state index in [0.717, 1.165) is 25.7 Å². The first kappa shape index (κ1) is 27.4. The maximum Gasteiger partial charge on any atom is 0.573 e. The number of benzene rings is 1. The highest BCUT2D eigenvalue weighted by molar-refractivity contribution is 5.85. The predicted molar refractivity (Wildman–Crippen MR) is 142 cm³/mol. The summed E-state index contributed by atoms with van der Waals surface area (Å²) in [6, 6.07) is 9.46. The minimum Gasteiger partial charge on any atom is -0.477 e. The topological polar surface area (TPSA) is 137 Å². The van der Waals surface area contributed by atoms with Crippen molar-refractivity contribution in [1.29, 1.82) is 0 Å². The summed E-state index contributed by atoms with van der Waals surface area (Å²) in [6.07, 6.45) is 1.55. The van der Waals surface area contributed by atoms with Crippen LogP contribution in [0.4, 0.5) is 19.2 Å². The van der Waals surface area contributed by atoms with E-state index in [0.29, 0.717) is 41.4 Å². The largest absolute Gasteiger partial charge is 0.573 e. The van der Waals surface area contributed by atoms with Gasteiger partial charge in [0.05, 0.1) is 18.3 Å². The molecule has 224 valence electrons. The van der Waals surface area contributed by atoms with Crippen LogP contribution in [0.25, 0.3) is 22.7 Å². The Morgan fingerprint density at radius 3 is 2.49 bits per heavy atom. The molecule has 2 bridgehead atoms. The smallest absolute Gasteiger partial charge is 0.477 e. The fourth-order valence-corrected chi connectivity index (χ4v) is 6.08. The molecule has 2 unspecified atom stereocenters. The van der Waals surface area contributed by atoms with Gasteiger partial charge in [0.15, 0.2) is 0 Å². The van der Waals surface area contributed by atoms with Gasteiger partial charge in [-0.2, -0.15) is 0 Å². The molecule has 7 rings (SSSR count). The van der Waals surface area contributed by atoms with Crippen LogP contribution in [0.3, 0.4) is 0 Å². The molecule has 1 aliphatic carbocycles. The van der Waals surface area contributed by atoms with E-state index in [1.54, 1.807) is 12.1 Å². The summed E-state index contributed by atoms with van der Waals surface area (Å²) in [5, 5.41) is 21.6. The second kappa shape index (κ2) is 10.7. The average Bonchev–Trinajstić information content (AvgIpc) is 3.44. The number of aromatic carboxylic acids is 1. The van der Waals surface area contributed by atoms with Crippen molar-refractivity contribution in [3.05, 3.63) is 59.6 Å². The summed E-state index contributed by atoms with van der Waals surface area (Å²) in [7, 11) is 0. The van der Waals surface area contributed by atoms with Crippen molar-refractivity contribution in [3.8, 4) is 28.5 Å². The van der Waals surface area contributed by atoms with Crippen molar-refractivity contribution in [2.24, 2.45) is 0 Å².